The van der Waals surface area contributed by atoms with Crippen LogP contribution in [-0.4, -0.2) is 45.2 Å². The second-order valence-electron chi connectivity index (χ2n) is 5.17. The Morgan fingerprint density at radius 1 is 1.19 bits per heavy atom. The lowest BCUT2D eigenvalue weighted by Crippen LogP contribution is -2.33. The Morgan fingerprint density at radius 2 is 2.00 bits per heavy atom. The van der Waals surface area contributed by atoms with Crippen LogP contribution < -0.4 is 0 Å². The van der Waals surface area contributed by atoms with Gasteiger partial charge in [0.25, 0.3) is 5.91 Å². The van der Waals surface area contributed by atoms with E-state index in [0.717, 1.165) is 42.4 Å². The Bertz CT molecular complexity index is 616. The van der Waals surface area contributed by atoms with Crippen LogP contribution in [0.15, 0.2) is 36.5 Å². The van der Waals surface area contributed by atoms with E-state index in [1.54, 1.807) is 4.68 Å². The number of amides is 1. The van der Waals surface area contributed by atoms with Gasteiger partial charge in [0, 0.05) is 25.0 Å². The summed E-state index contributed by atoms with van der Waals surface area (Å²) in [4.78, 5) is 14.6. The number of para-hydroxylation sites is 1. The molecule has 0 N–H and O–H groups in total. The van der Waals surface area contributed by atoms with Crippen molar-refractivity contribution in [3.8, 4) is 5.69 Å². The van der Waals surface area contributed by atoms with E-state index in [1.165, 1.54) is 0 Å². The Kier molecular flexibility index (Phi) is 4.29. The molecule has 1 aromatic heterocycles. The Labute approximate surface area is 129 Å². The van der Waals surface area contributed by atoms with Crippen LogP contribution in [0.25, 0.3) is 5.69 Å². The quantitative estimate of drug-likeness (QED) is 0.856. The molecule has 0 atom stereocenters. The van der Waals surface area contributed by atoms with Crippen molar-refractivity contribution in [3.63, 3.8) is 0 Å². The third-order valence-corrected chi connectivity index (χ3v) is 4.71. The molecule has 4 nitrogen and oxygen atoms in total. The number of carbonyl (C=O) groups excluding carboxylic acids is 1. The zero-order chi connectivity index (χ0) is 14.7. The molecule has 0 bridgehead atoms. The molecule has 110 valence electrons. The first kappa shape index (κ1) is 14.2. The van der Waals surface area contributed by atoms with Gasteiger partial charge in [-0.1, -0.05) is 18.2 Å². The molecule has 2 heterocycles. The summed E-state index contributed by atoms with van der Waals surface area (Å²) < 4.78 is 1.79. The number of thioether (sulfide) groups is 1. The van der Waals surface area contributed by atoms with Crippen LogP contribution in [0.4, 0.5) is 0 Å². The van der Waals surface area contributed by atoms with E-state index in [4.69, 9.17) is 0 Å². The van der Waals surface area contributed by atoms with Gasteiger partial charge in [0.05, 0.1) is 16.9 Å². The average molecular weight is 301 g/mol. The van der Waals surface area contributed by atoms with E-state index in [2.05, 4.69) is 5.10 Å². The van der Waals surface area contributed by atoms with Crippen molar-refractivity contribution in [1.82, 2.24) is 14.7 Å². The normalized spacial score (nSPS) is 15.8. The van der Waals surface area contributed by atoms with Crippen molar-refractivity contribution < 1.29 is 4.79 Å². The molecule has 3 rings (SSSR count). The van der Waals surface area contributed by atoms with Gasteiger partial charge >= 0.3 is 0 Å². The van der Waals surface area contributed by atoms with Gasteiger partial charge in [0.15, 0.2) is 0 Å². The van der Waals surface area contributed by atoms with Gasteiger partial charge in [0.1, 0.15) is 0 Å². The summed E-state index contributed by atoms with van der Waals surface area (Å²) in [5, 5.41) is 4.48. The summed E-state index contributed by atoms with van der Waals surface area (Å²) in [7, 11) is 0. The lowest BCUT2D eigenvalue weighted by Gasteiger charge is -2.19. The molecule has 1 aliphatic heterocycles. The summed E-state index contributed by atoms with van der Waals surface area (Å²) in [5.41, 5.74) is 2.48. The summed E-state index contributed by atoms with van der Waals surface area (Å²) in [6.45, 7) is 3.58. The second-order valence-corrected chi connectivity index (χ2v) is 6.39. The fourth-order valence-corrected chi connectivity index (χ4v) is 3.39. The van der Waals surface area contributed by atoms with E-state index in [1.807, 2.05) is 60.1 Å². The van der Waals surface area contributed by atoms with Crippen LogP contribution in [0.1, 0.15) is 22.5 Å². The summed E-state index contributed by atoms with van der Waals surface area (Å²) in [6.07, 6.45) is 2.92. The van der Waals surface area contributed by atoms with Gasteiger partial charge < -0.3 is 4.90 Å². The predicted octanol–water partition coefficient (Wildman–Crippen LogP) is 2.76. The van der Waals surface area contributed by atoms with Crippen LogP contribution in [0, 0.1) is 6.92 Å². The third kappa shape index (κ3) is 3.13. The SMILES string of the molecule is Cc1nn(-c2ccccc2)cc1C(=O)N1CCCSCC1. The molecule has 1 fully saturated rings. The first-order chi connectivity index (χ1) is 10.3. The van der Waals surface area contributed by atoms with Crippen LogP contribution in [0.3, 0.4) is 0 Å². The molecule has 0 radical (unpaired) electrons. The maximum Gasteiger partial charge on any atom is 0.257 e. The minimum atomic E-state index is 0.109. The van der Waals surface area contributed by atoms with Crippen molar-refractivity contribution in [3.05, 3.63) is 47.8 Å². The van der Waals surface area contributed by atoms with Gasteiger partial charge in [-0.3, -0.25) is 4.79 Å². The van der Waals surface area contributed by atoms with E-state index >= 15 is 0 Å². The van der Waals surface area contributed by atoms with Gasteiger partial charge in [0.2, 0.25) is 0 Å². The minimum Gasteiger partial charge on any atom is -0.338 e. The lowest BCUT2D eigenvalue weighted by atomic mass is 10.2. The fourth-order valence-electron chi connectivity index (χ4n) is 2.50. The summed E-state index contributed by atoms with van der Waals surface area (Å²) >= 11 is 1.92. The van der Waals surface area contributed by atoms with Crippen LogP contribution in [-0.2, 0) is 0 Å². The van der Waals surface area contributed by atoms with Crippen molar-refractivity contribution in [1.29, 1.82) is 0 Å². The minimum absolute atomic E-state index is 0.109. The van der Waals surface area contributed by atoms with Gasteiger partial charge in [-0.2, -0.15) is 16.9 Å². The number of rotatable bonds is 2. The van der Waals surface area contributed by atoms with E-state index in [9.17, 15) is 4.79 Å². The predicted molar refractivity (Wildman–Crippen MR) is 86.1 cm³/mol. The number of carbonyl (C=O) groups is 1. The molecule has 0 spiro atoms. The van der Waals surface area contributed by atoms with Crippen molar-refractivity contribution in [2.45, 2.75) is 13.3 Å². The number of hydrogen-bond donors (Lipinski definition) is 0. The largest absolute Gasteiger partial charge is 0.338 e. The molecule has 21 heavy (non-hydrogen) atoms. The highest BCUT2D eigenvalue weighted by atomic mass is 32.2. The molecular weight excluding hydrogens is 282 g/mol. The summed E-state index contributed by atoms with van der Waals surface area (Å²) in [5.74, 6) is 2.28. The highest BCUT2D eigenvalue weighted by Gasteiger charge is 2.21. The van der Waals surface area contributed by atoms with Crippen LogP contribution in [0.2, 0.25) is 0 Å². The molecule has 0 saturated carbocycles. The Hall–Kier alpha value is -1.75. The number of hydrogen-bond acceptors (Lipinski definition) is 3. The first-order valence-corrected chi connectivity index (χ1v) is 8.40. The van der Waals surface area contributed by atoms with Gasteiger partial charge in [-0.15, -0.1) is 0 Å². The molecule has 1 saturated heterocycles. The Balaban J connectivity index is 1.85. The number of aromatic nitrogens is 2. The van der Waals surface area contributed by atoms with Gasteiger partial charge in [-0.25, -0.2) is 4.68 Å². The second kappa shape index (κ2) is 6.35. The number of benzene rings is 1. The van der Waals surface area contributed by atoms with Crippen LogP contribution >= 0.6 is 11.8 Å². The zero-order valence-corrected chi connectivity index (χ0v) is 13.0. The first-order valence-electron chi connectivity index (χ1n) is 7.24. The number of nitrogens with zero attached hydrogens (tertiary/aromatic N) is 3. The standard InChI is InChI=1S/C16H19N3OS/c1-13-15(16(20)18-8-5-10-21-11-9-18)12-19(17-13)14-6-3-2-4-7-14/h2-4,6-7,12H,5,8-11H2,1H3. The summed E-state index contributed by atoms with van der Waals surface area (Å²) in [6, 6.07) is 9.90. The molecule has 0 unspecified atom stereocenters. The molecule has 1 aromatic carbocycles. The topological polar surface area (TPSA) is 38.1 Å². The average Bonchev–Trinajstić information content (AvgIpc) is 2.74. The van der Waals surface area contributed by atoms with Crippen LogP contribution in [0.5, 0.6) is 0 Å². The molecule has 1 amide bonds. The highest BCUT2D eigenvalue weighted by molar-refractivity contribution is 7.99. The van der Waals surface area contributed by atoms with Crippen molar-refractivity contribution in [2.75, 3.05) is 24.6 Å². The molecule has 2 aromatic rings. The van der Waals surface area contributed by atoms with E-state index in [0.29, 0.717) is 5.56 Å². The monoisotopic (exact) mass is 301 g/mol. The smallest absolute Gasteiger partial charge is 0.257 e. The maximum atomic E-state index is 12.7. The van der Waals surface area contributed by atoms with E-state index < -0.39 is 0 Å². The van der Waals surface area contributed by atoms with Crippen molar-refractivity contribution in [2.24, 2.45) is 0 Å². The molecular formula is C16H19N3OS. The molecule has 5 heteroatoms. The zero-order valence-electron chi connectivity index (χ0n) is 12.2. The maximum absolute atomic E-state index is 12.7. The fraction of sp³-hybridized carbons (Fsp3) is 0.375. The molecule has 0 aliphatic carbocycles. The van der Waals surface area contributed by atoms with E-state index in [-0.39, 0.29) is 5.91 Å². The Morgan fingerprint density at radius 3 is 2.81 bits per heavy atom. The van der Waals surface area contributed by atoms with Crippen molar-refractivity contribution >= 4 is 17.7 Å². The van der Waals surface area contributed by atoms with Gasteiger partial charge in [-0.05, 0) is 31.2 Å². The number of aryl methyl sites for hydroxylation is 1. The highest BCUT2D eigenvalue weighted by Crippen LogP contribution is 2.17. The third-order valence-electron chi connectivity index (χ3n) is 3.66. The molecule has 1 aliphatic rings. The lowest BCUT2D eigenvalue weighted by molar-refractivity contribution is 0.0768.